The number of nitrogens with zero attached hydrogens (tertiary/aromatic N) is 11. The van der Waals surface area contributed by atoms with Crippen molar-refractivity contribution < 1.29 is 103 Å². The average molecular weight is 2610 g/mol. The van der Waals surface area contributed by atoms with E-state index in [0.29, 0.717) is 131 Å². The average Bonchev–Trinajstić information content (AvgIpc) is 1.59. The van der Waals surface area contributed by atoms with Crippen molar-refractivity contribution in [2.75, 3.05) is 50.0 Å². The monoisotopic (exact) mass is 2600 g/mol. The van der Waals surface area contributed by atoms with Crippen LogP contribution in [0.3, 0.4) is 0 Å². The van der Waals surface area contributed by atoms with Gasteiger partial charge in [0.15, 0.2) is 51.8 Å². The van der Waals surface area contributed by atoms with Crippen molar-refractivity contribution in [3.05, 3.63) is 283 Å². The third kappa shape index (κ3) is 23.7. The molecule has 0 aliphatic heterocycles. The van der Waals surface area contributed by atoms with E-state index in [2.05, 4.69) is 112 Å². The van der Waals surface area contributed by atoms with E-state index in [1.54, 1.807) is 80.6 Å². The Balaban J connectivity index is 0.000000131. The normalized spacial score (nSPS) is 15.6. The van der Waals surface area contributed by atoms with Crippen molar-refractivity contribution >= 4 is 257 Å². The first-order valence-electron chi connectivity index (χ1n) is 44.7. The third-order valence-corrected chi connectivity index (χ3v) is 40.8. The minimum absolute atomic E-state index is 0.00678. The van der Waals surface area contributed by atoms with Gasteiger partial charge < -0.3 is 34.6 Å². The van der Waals surface area contributed by atoms with Crippen LogP contribution in [0.15, 0.2) is 163 Å². The number of fused-ring (bicyclic) bond motifs is 5. The molecule has 0 bridgehead atoms. The number of benzene rings is 7. The lowest BCUT2D eigenvalue weighted by Crippen LogP contribution is -2.34. The summed E-state index contributed by atoms with van der Waals surface area (Å²) in [5, 5.41) is 68.6. The second kappa shape index (κ2) is 44.1. The molecule has 8 heterocycles. The predicted octanol–water partition coefficient (Wildman–Crippen LogP) is 19.3. The predicted molar refractivity (Wildman–Crippen MR) is 567 cm³/mol. The number of nitrogens with one attached hydrogen (secondary N) is 5. The van der Waals surface area contributed by atoms with Gasteiger partial charge in [-0.3, -0.25) is 23.6 Å². The molecule has 146 heavy (non-hydrogen) atoms. The Morgan fingerprint density at radius 3 is 1.21 bits per heavy atom. The van der Waals surface area contributed by atoms with Gasteiger partial charge in [-0.2, -0.15) is 5.10 Å². The molecular weight excluding hydrogens is 2520 g/mol. The van der Waals surface area contributed by atoms with Crippen molar-refractivity contribution in [1.29, 1.82) is 0 Å². The summed E-state index contributed by atoms with van der Waals surface area (Å²) in [6.07, 6.45) is 10.8. The maximum Gasteiger partial charge on any atom is 0.239 e. The molecule has 776 valence electrons. The van der Waals surface area contributed by atoms with Crippen molar-refractivity contribution in [2.24, 2.45) is 0 Å². The SMILES string of the molecule is Cc1noc2c(F)c(Cc3ccc(I)cc3F)c(NS(=O)(=O)C3(CC(O)CO)CC3)cc12.Cc1noc2c(F)c(Cc3ccc(I)cc3F)c(NS(=O)(=O)C3(CCO)CC3)cc12.O=S(=O)(Nc1nc2ccnn2c(Cl)c1Cc1ccc(Br)cc1Cl)C1(CCO)CC1.O=S(=O)(Nc1nn2ccnc2c(F)c1Cc1ccc(Br)cc1Cl)C1(CCO)CC1.O=S(=O)(Nc1nn2ccnc2c(F)c1Cc1ccc(Br)cc1Cl)C1CC1. The van der Waals surface area contributed by atoms with Crippen molar-refractivity contribution in [2.45, 2.75) is 166 Å². The quantitative estimate of drug-likeness (QED) is 0.0102. The molecule has 5 aliphatic rings. The Labute approximate surface area is 904 Å². The van der Waals surface area contributed by atoms with Gasteiger partial charge in [0.1, 0.15) is 22.6 Å². The molecule has 0 saturated heterocycles. The van der Waals surface area contributed by atoms with Gasteiger partial charge in [-0.25, -0.2) is 96.9 Å². The maximum absolute atomic E-state index is 15.4. The van der Waals surface area contributed by atoms with Gasteiger partial charge in [0.2, 0.25) is 61.3 Å². The molecule has 1 atom stereocenters. The highest BCUT2D eigenvalue weighted by Gasteiger charge is 2.58. The minimum Gasteiger partial charge on any atom is -0.396 e. The minimum atomic E-state index is -4.05. The maximum atomic E-state index is 15.4. The number of aliphatic hydroxyl groups is 5. The molecule has 0 radical (unpaired) electrons. The number of halogens is 15. The standard InChI is InChI=1S/C21H21F2IN2O5S.C20H19F2IN2O4S.C18H17BrCl2N4O3S.C18H17BrClFN4O3S.C16H13BrClFN4O2S/c1-11-15-8-18(26-32(29,30)21(4-5-21)9-14(28)10-27)16(19(23)20(15)31-25-11)6-12-2-3-13(24)7-17(12)22;1-11-14-10-17(25-30(27,28)20(4-5-20)6-7-26)15(18(22)19(14)29-24-11)8-12-2-3-13(23)9-16(12)21;19-12-2-1-11(14(20)10-12)9-13-16(21)25-15(3-7-22-25)23-17(13)24-29(27,28)18(4-5-18)6-8-26;19-12-2-1-11(14(20)10-12)9-13-15(21)17-22-6-7-25(17)23-16(13)24-29(27,28)18(3-4-18)5-8-26;17-10-2-1-9(13(18)8-10)7-12-14(19)16-20-5-6-23(16)21-15(12)22-26(24,25)11-3-4-11/h2-3,7-8,14,26-28H,4-6,9-10H2,1H3;2-3,9-10,25-26H,4-8H2,1H3;1-3,7,10,26H,4-6,8-9H2,(H,23,24);1-2,6-7,10,26H,3-5,8-9H2,(H,23,24);1-2,5-6,8,11H,3-4,7H2,(H,21,22). The van der Waals surface area contributed by atoms with Crippen LogP contribution in [0.25, 0.3) is 38.9 Å². The highest BCUT2D eigenvalue weighted by atomic mass is 127. The Kier molecular flexibility index (Phi) is 33.3. The van der Waals surface area contributed by atoms with E-state index in [9.17, 15) is 71.3 Å². The van der Waals surface area contributed by atoms with Gasteiger partial charge in [-0.05, 0) is 250 Å². The van der Waals surface area contributed by atoms with Crippen LogP contribution in [0.5, 0.6) is 0 Å². The number of aliphatic hydroxyl groups excluding tert-OH is 5. The van der Waals surface area contributed by atoms with Crippen LogP contribution in [-0.2, 0) is 82.2 Å². The molecule has 33 nitrogen and oxygen atoms in total. The molecule has 1 unspecified atom stereocenters. The second-order valence-corrected chi connectivity index (χ2v) is 52.8. The molecule has 5 saturated carbocycles. The van der Waals surface area contributed by atoms with Crippen LogP contribution in [-0.4, -0.2) is 178 Å². The zero-order valence-electron chi connectivity index (χ0n) is 76.5. The summed E-state index contributed by atoms with van der Waals surface area (Å²) >= 11 is 39.4. The van der Waals surface area contributed by atoms with E-state index >= 15 is 17.6 Å². The lowest BCUT2D eigenvalue weighted by Gasteiger charge is -2.21. The van der Waals surface area contributed by atoms with Crippen molar-refractivity contribution in [1.82, 2.24) is 54.1 Å². The molecule has 0 spiro atoms. The first-order valence-corrected chi connectivity index (χ1v) is 58.3. The summed E-state index contributed by atoms with van der Waals surface area (Å²) in [6.45, 7) is 1.95. The zero-order valence-corrected chi connectivity index (χ0v) is 92.6. The smallest absolute Gasteiger partial charge is 0.239 e. The first-order chi connectivity index (χ1) is 69.1. The van der Waals surface area contributed by atoms with Crippen LogP contribution >= 0.6 is 139 Å². The number of anilines is 5. The van der Waals surface area contributed by atoms with Crippen molar-refractivity contribution in [3.8, 4) is 0 Å². The number of hydrogen-bond donors (Lipinski definition) is 10. The number of sulfonamides is 5. The topological polar surface area (TPSA) is 475 Å². The summed E-state index contributed by atoms with van der Waals surface area (Å²) in [4.78, 5) is 12.3. The van der Waals surface area contributed by atoms with E-state index in [0.717, 1.165) is 19.0 Å². The van der Waals surface area contributed by atoms with E-state index in [1.807, 2.05) is 57.3 Å². The summed E-state index contributed by atoms with van der Waals surface area (Å²) in [5.41, 5.74) is 3.95. The molecule has 0 amide bonds. The van der Waals surface area contributed by atoms with Gasteiger partial charge in [0, 0.05) is 157 Å². The fourth-order valence-electron chi connectivity index (χ4n) is 16.5. The van der Waals surface area contributed by atoms with Crippen LogP contribution < -0.4 is 23.6 Å². The number of aryl methyl sites for hydroxylation is 2. The molecule has 8 aromatic heterocycles. The zero-order chi connectivity index (χ0) is 105. The van der Waals surface area contributed by atoms with E-state index < -0.39 is 122 Å². The summed E-state index contributed by atoms with van der Waals surface area (Å²) in [6, 6.07) is 29.5. The highest BCUT2D eigenvalue weighted by molar-refractivity contribution is 14.1. The molecule has 7 aromatic carbocycles. The molecule has 5 fully saturated rings. The van der Waals surface area contributed by atoms with Gasteiger partial charge >= 0.3 is 0 Å². The van der Waals surface area contributed by atoms with Crippen molar-refractivity contribution in [3.63, 3.8) is 0 Å². The first kappa shape index (κ1) is 110. The number of imidazole rings is 2. The molecule has 10 N–H and O–H groups in total. The number of aromatic nitrogens is 11. The number of hydrogen-bond acceptors (Lipinski definition) is 25. The Morgan fingerprint density at radius 1 is 0.459 bits per heavy atom. The lowest BCUT2D eigenvalue weighted by molar-refractivity contribution is 0.0858. The summed E-state index contributed by atoms with van der Waals surface area (Å²) < 4.78 is 245. The van der Waals surface area contributed by atoms with E-state index in [1.165, 1.54) is 74.9 Å². The molecule has 5 aliphatic carbocycles. The van der Waals surface area contributed by atoms with Crippen LogP contribution in [0, 0.1) is 55.9 Å². The van der Waals surface area contributed by atoms with Gasteiger partial charge in [-0.1, -0.05) is 135 Å². The summed E-state index contributed by atoms with van der Waals surface area (Å²) in [7, 11) is -19.2. The molecular formula is C93H87Br3Cl4F6I2N16O17S5. The Hall–Kier alpha value is -8.47. The van der Waals surface area contributed by atoms with E-state index in [-0.39, 0.29) is 167 Å². The third-order valence-electron chi connectivity index (χ3n) is 25.8. The fourth-order valence-corrected chi connectivity index (χ4v) is 28.0. The van der Waals surface area contributed by atoms with Crippen LogP contribution in [0.1, 0.15) is 157 Å². The molecule has 53 heteroatoms. The summed E-state index contributed by atoms with van der Waals surface area (Å²) in [5.74, 6) is -3.96. The molecule has 15 aromatic rings. The molecule has 20 rings (SSSR count). The van der Waals surface area contributed by atoms with Gasteiger partial charge in [-0.15, -0.1) is 10.2 Å². The van der Waals surface area contributed by atoms with Gasteiger partial charge in [0.05, 0.1) is 65.9 Å². The number of rotatable bonds is 34. The van der Waals surface area contributed by atoms with Crippen LogP contribution in [0.4, 0.5) is 55.2 Å². The largest absolute Gasteiger partial charge is 0.396 e. The fraction of sp³-hybridized carbons (Fsp3) is 0.333. The Morgan fingerprint density at radius 2 is 0.829 bits per heavy atom. The Bertz CT molecular complexity index is 8060. The second-order valence-electron chi connectivity index (χ2n) is 35.8. The van der Waals surface area contributed by atoms with E-state index in [4.69, 9.17) is 60.6 Å². The highest BCUT2D eigenvalue weighted by Crippen LogP contribution is 2.53. The van der Waals surface area contributed by atoms with Crippen LogP contribution in [0.2, 0.25) is 20.2 Å². The lowest BCUT2D eigenvalue weighted by atomic mass is 10.0. The van der Waals surface area contributed by atoms with Gasteiger partial charge in [0.25, 0.3) is 0 Å².